The van der Waals surface area contributed by atoms with E-state index < -0.39 is 0 Å². The molecule has 1 heterocycles. The van der Waals surface area contributed by atoms with Crippen LogP contribution in [0.15, 0.2) is 18.2 Å². The molecule has 1 atom stereocenters. The summed E-state index contributed by atoms with van der Waals surface area (Å²) in [5, 5.41) is 11.8. The van der Waals surface area contributed by atoms with Crippen molar-refractivity contribution in [2.75, 3.05) is 6.61 Å². The second-order valence-electron chi connectivity index (χ2n) is 4.02. The molecule has 3 nitrogen and oxygen atoms in total. The standard InChI is InChI=1S/C12H16ClNO2S/c1-8(2)10(7-15)14-12(16)6-4-9-3-5-11(13)17-9/h3-6,8,10,15H,7H2,1-2H3,(H,14,16)/t10-/m1/s1. The Morgan fingerprint density at radius 2 is 2.29 bits per heavy atom. The van der Waals surface area contributed by atoms with Crippen molar-refractivity contribution < 1.29 is 9.90 Å². The number of aliphatic hydroxyl groups is 1. The van der Waals surface area contributed by atoms with E-state index in [0.29, 0.717) is 4.34 Å². The van der Waals surface area contributed by atoms with Crippen molar-refractivity contribution in [3.05, 3.63) is 27.4 Å². The molecule has 0 aliphatic rings. The van der Waals surface area contributed by atoms with Crippen molar-refractivity contribution >= 4 is 34.9 Å². The fourth-order valence-electron chi connectivity index (χ4n) is 1.23. The molecule has 1 amide bonds. The van der Waals surface area contributed by atoms with Gasteiger partial charge in [-0.15, -0.1) is 11.3 Å². The molecule has 0 unspecified atom stereocenters. The summed E-state index contributed by atoms with van der Waals surface area (Å²) in [5.41, 5.74) is 0. The molecular formula is C12H16ClNO2S. The molecule has 0 bridgehead atoms. The van der Waals surface area contributed by atoms with Gasteiger partial charge in [0.25, 0.3) is 0 Å². The summed E-state index contributed by atoms with van der Waals surface area (Å²) in [6.07, 6.45) is 3.16. The number of amides is 1. The summed E-state index contributed by atoms with van der Waals surface area (Å²) < 4.78 is 0.695. The molecule has 17 heavy (non-hydrogen) atoms. The number of nitrogens with one attached hydrogen (secondary N) is 1. The van der Waals surface area contributed by atoms with Gasteiger partial charge in [-0.2, -0.15) is 0 Å². The van der Waals surface area contributed by atoms with Crippen molar-refractivity contribution in [1.82, 2.24) is 5.32 Å². The van der Waals surface area contributed by atoms with E-state index in [4.69, 9.17) is 16.7 Å². The fourth-order valence-corrected chi connectivity index (χ4v) is 2.19. The highest BCUT2D eigenvalue weighted by Gasteiger charge is 2.13. The number of thiophene rings is 1. The van der Waals surface area contributed by atoms with Crippen LogP contribution in [-0.4, -0.2) is 23.7 Å². The first kappa shape index (κ1) is 14.2. The van der Waals surface area contributed by atoms with Gasteiger partial charge in [0.15, 0.2) is 0 Å². The molecule has 1 aromatic rings. The molecule has 0 aromatic carbocycles. The Hall–Kier alpha value is -0.840. The normalized spacial score (nSPS) is 13.2. The highest BCUT2D eigenvalue weighted by Crippen LogP contribution is 2.22. The topological polar surface area (TPSA) is 49.3 Å². The quantitative estimate of drug-likeness (QED) is 0.810. The lowest BCUT2D eigenvalue weighted by atomic mass is 10.1. The Morgan fingerprint density at radius 3 is 2.76 bits per heavy atom. The summed E-state index contributed by atoms with van der Waals surface area (Å²) in [6.45, 7) is 3.84. The number of hydrogen-bond acceptors (Lipinski definition) is 3. The van der Waals surface area contributed by atoms with Crippen LogP contribution < -0.4 is 5.32 Å². The van der Waals surface area contributed by atoms with Crippen LogP contribution in [0, 0.1) is 5.92 Å². The van der Waals surface area contributed by atoms with E-state index in [1.165, 1.54) is 17.4 Å². The van der Waals surface area contributed by atoms with Gasteiger partial charge in [0, 0.05) is 11.0 Å². The summed E-state index contributed by atoms with van der Waals surface area (Å²) >= 11 is 7.18. The highest BCUT2D eigenvalue weighted by atomic mass is 35.5. The number of aliphatic hydroxyl groups excluding tert-OH is 1. The number of rotatable bonds is 5. The minimum absolute atomic E-state index is 0.0535. The number of hydrogen-bond donors (Lipinski definition) is 2. The van der Waals surface area contributed by atoms with E-state index in [0.717, 1.165) is 4.88 Å². The SMILES string of the molecule is CC(C)[C@@H](CO)NC(=O)C=Cc1ccc(Cl)s1. The van der Waals surface area contributed by atoms with Crippen LogP contribution in [0.3, 0.4) is 0 Å². The fraction of sp³-hybridized carbons (Fsp3) is 0.417. The number of halogens is 1. The summed E-state index contributed by atoms with van der Waals surface area (Å²) in [6, 6.07) is 3.43. The summed E-state index contributed by atoms with van der Waals surface area (Å²) in [7, 11) is 0. The van der Waals surface area contributed by atoms with Crippen molar-refractivity contribution in [3.8, 4) is 0 Å². The van der Waals surface area contributed by atoms with Crippen molar-refractivity contribution in [1.29, 1.82) is 0 Å². The zero-order chi connectivity index (χ0) is 12.8. The molecular weight excluding hydrogens is 258 g/mol. The van der Waals surface area contributed by atoms with Gasteiger partial charge in [-0.05, 0) is 24.1 Å². The van der Waals surface area contributed by atoms with Crippen molar-refractivity contribution in [2.45, 2.75) is 19.9 Å². The van der Waals surface area contributed by atoms with Gasteiger partial charge in [-0.3, -0.25) is 4.79 Å². The van der Waals surface area contributed by atoms with Gasteiger partial charge in [-0.1, -0.05) is 25.4 Å². The lowest BCUT2D eigenvalue weighted by Crippen LogP contribution is -2.40. The predicted molar refractivity (Wildman–Crippen MR) is 72.2 cm³/mol. The molecule has 0 spiro atoms. The molecule has 0 fully saturated rings. The Morgan fingerprint density at radius 1 is 1.59 bits per heavy atom. The molecule has 1 rings (SSSR count). The van der Waals surface area contributed by atoms with Gasteiger partial charge in [0.05, 0.1) is 17.0 Å². The third-order valence-electron chi connectivity index (χ3n) is 2.32. The second-order valence-corrected chi connectivity index (χ2v) is 5.76. The largest absolute Gasteiger partial charge is 0.394 e. The van der Waals surface area contributed by atoms with Crippen LogP contribution in [0.25, 0.3) is 6.08 Å². The van der Waals surface area contributed by atoms with E-state index in [9.17, 15) is 4.79 Å². The Kier molecular flexibility index (Phi) is 5.68. The van der Waals surface area contributed by atoms with Crippen LogP contribution >= 0.6 is 22.9 Å². The Balaban J connectivity index is 2.52. The first-order valence-corrected chi connectivity index (χ1v) is 6.57. The maximum absolute atomic E-state index is 11.6. The van der Waals surface area contributed by atoms with E-state index in [1.54, 1.807) is 12.1 Å². The smallest absolute Gasteiger partial charge is 0.244 e. The Bertz CT molecular complexity index is 401. The van der Waals surface area contributed by atoms with Gasteiger partial charge in [0.1, 0.15) is 0 Å². The molecule has 0 aliphatic heterocycles. The predicted octanol–water partition coefficient (Wildman–Crippen LogP) is 2.55. The lowest BCUT2D eigenvalue weighted by Gasteiger charge is -2.18. The minimum Gasteiger partial charge on any atom is -0.394 e. The lowest BCUT2D eigenvalue weighted by molar-refractivity contribution is -0.117. The first-order valence-electron chi connectivity index (χ1n) is 5.37. The van der Waals surface area contributed by atoms with Crippen LogP contribution in [0.4, 0.5) is 0 Å². The molecule has 0 aliphatic carbocycles. The van der Waals surface area contributed by atoms with Crippen molar-refractivity contribution in [2.24, 2.45) is 5.92 Å². The average Bonchev–Trinajstić information content (AvgIpc) is 2.68. The Labute approximate surface area is 110 Å². The van der Waals surface area contributed by atoms with Gasteiger partial charge in [-0.25, -0.2) is 0 Å². The molecule has 94 valence electrons. The monoisotopic (exact) mass is 273 g/mol. The third-order valence-corrected chi connectivity index (χ3v) is 3.52. The summed E-state index contributed by atoms with van der Waals surface area (Å²) in [5.74, 6) is -0.00388. The van der Waals surface area contributed by atoms with Gasteiger partial charge < -0.3 is 10.4 Å². The molecule has 0 saturated carbocycles. The highest BCUT2D eigenvalue weighted by molar-refractivity contribution is 7.17. The van der Waals surface area contributed by atoms with Crippen LogP contribution in [0.1, 0.15) is 18.7 Å². The zero-order valence-electron chi connectivity index (χ0n) is 9.81. The number of carbonyl (C=O) groups is 1. The van der Waals surface area contributed by atoms with Gasteiger partial charge in [0.2, 0.25) is 5.91 Å². The van der Waals surface area contributed by atoms with E-state index in [2.05, 4.69) is 5.32 Å². The maximum atomic E-state index is 11.6. The molecule has 0 radical (unpaired) electrons. The maximum Gasteiger partial charge on any atom is 0.244 e. The van der Waals surface area contributed by atoms with Crippen LogP contribution in [-0.2, 0) is 4.79 Å². The number of carbonyl (C=O) groups excluding carboxylic acids is 1. The molecule has 2 N–H and O–H groups in total. The van der Waals surface area contributed by atoms with Crippen molar-refractivity contribution in [3.63, 3.8) is 0 Å². The summed E-state index contributed by atoms with van der Waals surface area (Å²) in [4.78, 5) is 12.5. The second kappa shape index (κ2) is 6.79. The van der Waals surface area contributed by atoms with Gasteiger partial charge >= 0.3 is 0 Å². The third kappa shape index (κ3) is 4.89. The van der Waals surface area contributed by atoms with Crippen LogP contribution in [0.5, 0.6) is 0 Å². The van der Waals surface area contributed by atoms with E-state index >= 15 is 0 Å². The molecule has 5 heteroatoms. The average molecular weight is 274 g/mol. The first-order chi connectivity index (χ1) is 8.02. The van der Waals surface area contributed by atoms with Crippen LogP contribution in [0.2, 0.25) is 4.34 Å². The zero-order valence-corrected chi connectivity index (χ0v) is 11.4. The van der Waals surface area contributed by atoms with E-state index in [-0.39, 0.29) is 24.5 Å². The molecule has 0 saturated heterocycles. The minimum atomic E-state index is -0.209. The van der Waals surface area contributed by atoms with E-state index in [1.807, 2.05) is 19.9 Å². The molecule has 1 aromatic heterocycles.